The maximum absolute atomic E-state index is 4.65. The summed E-state index contributed by atoms with van der Waals surface area (Å²) in [5.41, 5.74) is 2.10. The molecule has 1 aromatic rings. The van der Waals surface area contributed by atoms with Crippen molar-refractivity contribution < 1.29 is 4.18 Å². The number of nitrogens with zero attached hydrogens (tertiary/aromatic N) is 1. The molecule has 0 radical (unpaired) electrons. The van der Waals surface area contributed by atoms with Gasteiger partial charge in [-0.2, -0.15) is 0 Å². The Hall–Kier alpha value is -0.540. The fourth-order valence-electron chi connectivity index (χ4n) is 0.769. The van der Waals surface area contributed by atoms with Gasteiger partial charge in [-0.25, -0.2) is 0 Å². The molecule has 0 atom stereocenters. The fourth-order valence-corrected chi connectivity index (χ4v) is 0.918. The van der Waals surface area contributed by atoms with Crippen molar-refractivity contribution in [1.82, 2.24) is 4.98 Å². The van der Waals surface area contributed by atoms with E-state index in [-0.39, 0.29) is 0 Å². The van der Waals surface area contributed by atoms with Crippen LogP contribution in [0.25, 0.3) is 0 Å². The highest BCUT2D eigenvalue weighted by atomic mass is 32.1. The molecule has 1 aromatic heterocycles. The molecule has 2 nitrogen and oxygen atoms in total. The van der Waals surface area contributed by atoms with E-state index in [9.17, 15) is 0 Å². The number of pyridine rings is 1. The fraction of sp³-hybridized carbons (Fsp3) is 0.286. The van der Waals surface area contributed by atoms with Gasteiger partial charge in [0.25, 0.3) is 0 Å². The van der Waals surface area contributed by atoms with Crippen LogP contribution in [0.5, 0.6) is 0 Å². The minimum atomic E-state index is 0.534. The van der Waals surface area contributed by atoms with Crippen LogP contribution in [0.15, 0.2) is 18.3 Å². The summed E-state index contributed by atoms with van der Waals surface area (Å²) in [5, 5.41) is 0. The first-order chi connectivity index (χ1) is 4.83. The molecule has 54 valence electrons. The van der Waals surface area contributed by atoms with Gasteiger partial charge in [0.15, 0.2) is 0 Å². The standard InChI is InChI=1S/C7H9NOS/c1-6-4-7(5-9-10)2-3-8-6/h2-4,10H,5H2,1H3. The maximum Gasteiger partial charge on any atom is 0.0862 e. The van der Waals surface area contributed by atoms with Gasteiger partial charge in [-0.3, -0.25) is 4.98 Å². The van der Waals surface area contributed by atoms with Crippen molar-refractivity contribution in [3.05, 3.63) is 29.6 Å². The zero-order valence-electron chi connectivity index (χ0n) is 5.74. The van der Waals surface area contributed by atoms with E-state index in [1.165, 1.54) is 0 Å². The zero-order valence-corrected chi connectivity index (χ0v) is 6.64. The third kappa shape index (κ3) is 2.01. The van der Waals surface area contributed by atoms with Crippen LogP contribution in [0.1, 0.15) is 11.3 Å². The smallest absolute Gasteiger partial charge is 0.0862 e. The quantitative estimate of drug-likeness (QED) is 0.519. The van der Waals surface area contributed by atoms with Crippen LogP contribution in [0.2, 0.25) is 0 Å². The largest absolute Gasteiger partial charge is 0.314 e. The monoisotopic (exact) mass is 155 g/mol. The molecule has 10 heavy (non-hydrogen) atoms. The van der Waals surface area contributed by atoms with E-state index in [4.69, 9.17) is 0 Å². The van der Waals surface area contributed by atoms with E-state index < -0.39 is 0 Å². The lowest BCUT2D eigenvalue weighted by Crippen LogP contribution is -1.86. The van der Waals surface area contributed by atoms with E-state index in [0.717, 1.165) is 11.3 Å². The van der Waals surface area contributed by atoms with Crippen molar-refractivity contribution in [3.63, 3.8) is 0 Å². The molecule has 0 saturated heterocycles. The summed E-state index contributed by atoms with van der Waals surface area (Å²) >= 11 is 3.65. The summed E-state index contributed by atoms with van der Waals surface area (Å²) in [6, 6.07) is 3.87. The molecule has 0 aliphatic rings. The highest BCUT2D eigenvalue weighted by Crippen LogP contribution is 2.02. The second kappa shape index (κ2) is 3.58. The number of rotatable bonds is 2. The molecular formula is C7H9NOS. The Bertz CT molecular complexity index is 215. The van der Waals surface area contributed by atoms with E-state index in [1.807, 2.05) is 19.1 Å². The van der Waals surface area contributed by atoms with Crippen LogP contribution in [-0.4, -0.2) is 4.98 Å². The first kappa shape index (κ1) is 7.57. The number of thiol groups is 1. The Balaban J connectivity index is 2.75. The van der Waals surface area contributed by atoms with Crippen molar-refractivity contribution in [2.45, 2.75) is 13.5 Å². The van der Waals surface area contributed by atoms with Gasteiger partial charge >= 0.3 is 0 Å². The molecule has 0 spiro atoms. The van der Waals surface area contributed by atoms with Gasteiger partial charge < -0.3 is 4.18 Å². The molecule has 0 saturated carbocycles. The molecule has 3 heteroatoms. The highest BCUT2D eigenvalue weighted by molar-refractivity contribution is 7.75. The van der Waals surface area contributed by atoms with E-state index in [2.05, 4.69) is 22.1 Å². The number of hydrogen-bond donors (Lipinski definition) is 1. The summed E-state index contributed by atoms with van der Waals surface area (Å²) in [6.45, 7) is 2.48. The van der Waals surface area contributed by atoms with Crippen LogP contribution in [0.4, 0.5) is 0 Å². The average molecular weight is 155 g/mol. The van der Waals surface area contributed by atoms with Gasteiger partial charge in [-0.05, 0) is 37.5 Å². The van der Waals surface area contributed by atoms with Gasteiger partial charge in [0.2, 0.25) is 0 Å². The normalized spacial score (nSPS) is 9.80. The Labute approximate surface area is 65.9 Å². The first-order valence-corrected chi connectivity index (χ1v) is 3.37. The van der Waals surface area contributed by atoms with Crippen molar-refractivity contribution in [1.29, 1.82) is 0 Å². The Morgan fingerprint density at radius 3 is 3.10 bits per heavy atom. The lowest BCUT2D eigenvalue weighted by molar-refractivity contribution is 0.371. The molecule has 0 N–H and O–H groups in total. The van der Waals surface area contributed by atoms with Gasteiger partial charge in [0.05, 0.1) is 6.61 Å². The van der Waals surface area contributed by atoms with Crippen LogP contribution >= 0.6 is 12.9 Å². The predicted molar refractivity (Wildman–Crippen MR) is 42.7 cm³/mol. The predicted octanol–water partition coefficient (Wildman–Crippen LogP) is 1.75. The van der Waals surface area contributed by atoms with Gasteiger partial charge in [-0.15, -0.1) is 0 Å². The molecule has 0 aliphatic heterocycles. The molecule has 0 bridgehead atoms. The third-order valence-corrected chi connectivity index (χ3v) is 1.32. The Morgan fingerprint density at radius 1 is 1.70 bits per heavy atom. The summed E-state index contributed by atoms with van der Waals surface area (Å²) in [5.74, 6) is 0. The van der Waals surface area contributed by atoms with E-state index in [1.54, 1.807) is 6.20 Å². The molecule has 1 rings (SSSR count). The Kier molecular flexibility index (Phi) is 2.71. The summed E-state index contributed by atoms with van der Waals surface area (Å²) in [4.78, 5) is 4.04. The molecule has 1 heterocycles. The summed E-state index contributed by atoms with van der Waals surface area (Å²) < 4.78 is 4.65. The Morgan fingerprint density at radius 2 is 2.50 bits per heavy atom. The van der Waals surface area contributed by atoms with E-state index >= 15 is 0 Å². The van der Waals surface area contributed by atoms with Crippen molar-refractivity contribution >= 4 is 12.9 Å². The lowest BCUT2D eigenvalue weighted by atomic mass is 10.2. The molecule has 0 fully saturated rings. The number of aryl methyl sites for hydroxylation is 1. The third-order valence-electron chi connectivity index (χ3n) is 1.19. The molecule has 0 unspecified atom stereocenters. The van der Waals surface area contributed by atoms with Crippen LogP contribution in [0.3, 0.4) is 0 Å². The van der Waals surface area contributed by atoms with Gasteiger partial charge in [0.1, 0.15) is 0 Å². The van der Waals surface area contributed by atoms with Crippen molar-refractivity contribution in [3.8, 4) is 0 Å². The molecule has 0 aromatic carbocycles. The minimum absolute atomic E-state index is 0.534. The SMILES string of the molecule is Cc1cc(COS)ccn1. The number of hydrogen-bond acceptors (Lipinski definition) is 3. The number of aromatic nitrogens is 1. The van der Waals surface area contributed by atoms with E-state index in [0.29, 0.717) is 6.61 Å². The van der Waals surface area contributed by atoms with Gasteiger partial charge in [-0.1, -0.05) is 0 Å². The zero-order chi connectivity index (χ0) is 7.40. The van der Waals surface area contributed by atoms with Crippen molar-refractivity contribution in [2.75, 3.05) is 0 Å². The summed E-state index contributed by atoms with van der Waals surface area (Å²) in [6.07, 6.45) is 1.76. The molecule has 0 aliphatic carbocycles. The maximum atomic E-state index is 4.65. The first-order valence-electron chi connectivity index (χ1n) is 3.01. The second-order valence-corrected chi connectivity index (χ2v) is 2.34. The molecular weight excluding hydrogens is 146 g/mol. The van der Waals surface area contributed by atoms with Crippen molar-refractivity contribution in [2.24, 2.45) is 0 Å². The molecule has 0 amide bonds. The van der Waals surface area contributed by atoms with Crippen LogP contribution < -0.4 is 0 Å². The minimum Gasteiger partial charge on any atom is -0.314 e. The second-order valence-electron chi connectivity index (χ2n) is 2.08. The van der Waals surface area contributed by atoms with Gasteiger partial charge in [0, 0.05) is 11.9 Å². The topological polar surface area (TPSA) is 22.1 Å². The van der Waals surface area contributed by atoms with Crippen LogP contribution in [0, 0.1) is 6.92 Å². The summed E-state index contributed by atoms with van der Waals surface area (Å²) in [7, 11) is 0. The highest BCUT2D eigenvalue weighted by Gasteiger charge is 1.90. The average Bonchev–Trinajstić information content (AvgIpc) is 1.88. The lowest BCUT2D eigenvalue weighted by Gasteiger charge is -1.97. The van der Waals surface area contributed by atoms with Crippen LogP contribution in [-0.2, 0) is 10.8 Å².